The third kappa shape index (κ3) is 9.57. The lowest BCUT2D eigenvalue weighted by molar-refractivity contribution is -0.167. The SMILES string of the molecule is CN=C[C@@]1(C2CC=C3C(N)=NC=NN32)O[C@H](COP(=O)(N[C@@H](C)C(=O)OCC2CCCCC2)Oc2ccc(C(C)(C)C)cc2)[C@@H](OC(C)=O)[C@H]1OC(C)=O. The fourth-order valence-electron chi connectivity index (χ4n) is 7.22. The number of hydrogen-bond donors (Lipinski definition) is 2. The summed E-state index contributed by atoms with van der Waals surface area (Å²) in [6.07, 6.45) is 6.45. The molecule has 3 N–H and O–H groups in total. The maximum atomic E-state index is 14.7. The lowest BCUT2D eigenvalue weighted by Crippen LogP contribution is -2.59. The summed E-state index contributed by atoms with van der Waals surface area (Å²) >= 11 is 0. The highest BCUT2D eigenvalue weighted by Crippen LogP contribution is 2.48. The molecule has 0 spiro atoms. The van der Waals surface area contributed by atoms with Gasteiger partial charge in [-0.3, -0.25) is 28.9 Å². The van der Waals surface area contributed by atoms with Crippen LogP contribution in [0.3, 0.4) is 0 Å². The minimum atomic E-state index is -4.43. The Labute approximate surface area is 316 Å². The molecule has 2 unspecified atom stereocenters. The van der Waals surface area contributed by atoms with E-state index in [0.717, 1.165) is 31.2 Å². The van der Waals surface area contributed by atoms with Crippen LogP contribution in [0.15, 0.2) is 51.1 Å². The average molecular weight is 773 g/mol. The van der Waals surface area contributed by atoms with E-state index in [4.69, 9.17) is 33.7 Å². The summed E-state index contributed by atoms with van der Waals surface area (Å²) in [4.78, 5) is 46.7. The molecule has 17 heteroatoms. The van der Waals surface area contributed by atoms with E-state index in [0.29, 0.717) is 12.1 Å². The van der Waals surface area contributed by atoms with Crippen LogP contribution in [0.5, 0.6) is 5.75 Å². The quantitative estimate of drug-likeness (QED) is 0.115. The Bertz CT molecular complexity index is 1700. The van der Waals surface area contributed by atoms with Crippen molar-refractivity contribution in [3.63, 3.8) is 0 Å². The van der Waals surface area contributed by atoms with Crippen LogP contribution in [0.2, 0.25) is 0 Å². The molecule has 1 aromatic carbocycles. The number of nitrogens with two attached hydrogens (primary N) is 1. The molecule has 2 fully saturated rings. The fourth-order valence-corrected chi connectivity index (χ4v) is 8.73. The standard InChI is InChI=1S/C37H53N6O10P/c1-23(35(46)48-19-26-11-9-8-10-12-26)42-54(47,53-28-15-13-27(14-16-28)36(4,5)6)49-20-30-32(50-24(2)44)33(51-25(3)45)37(52-30,21-39-7)31-18-17-29-34(38)40-22-41-43(29)31/h13-17,21-23,26,30-33H,8-12,18-20H2,1-7H3,(H,42,47)(H2,38,40,41)/t23-,30+,31?,32+,33+,37-,54?/m0/s1. The summed E-state index contributed by atoms with van der Waals surface area (Å²) < 4.78 is 50.7. The van der Waals surface area contributed by atoms with Gasteiger partial charge in [-0.1, -0.05) is 58.2 Å². The van der Waals surface area contributed by atoms with Crippen LogP contribution in [-0.2, 0) is 47.8 Å². The molecular formula is C37H53N6O10P. The highest BCUT2D eigenvalue weighted by Gasteiger charge is 2.64. The number of aliphatic imine (C=N–C) groups is 2. The molecular weight excluding hydrogens is 719 g/mol. The molecule has 1 saturated carbocycles. The second-order valence-electron chi connectivity index (χ2n) is 15.1. The van der Waals surface area contributed by atoms with E-state index in [2.05, 4.69) is 40.9 Å². The van der Waals surface area contributed by atoms with Gasteiger partial charge in [-0.2, -0.15) is 10.2 Å². The fraction of sp³-hybridized carbons (Fsp3) is 0.622. The largest absolute Gasteiger partial charge is 0.464 e. The number of carbonyl (C=O) groups excluding carboxylic acids is 3. The van der Waals surface area contributed by atoms with Gasteiger partial charge in [0.15, 0.2) is 23.6 Å². The third-order valence-corrected chi connectivity index (χ3v) is 11.5. The average Bonchev–Trinajstić information content (AvgIpc) is 3.67. The van der Waals surface area contributed by atoms with Gasteiger partial charge in [0, 0.05) is 27.1 Å². The molecule has 4 aliphatic rings. The van der Waals surface area contributed by atoms with Crippen molar-refractivity contribution in [3.8, 4) is 5.75 Å². The van der Waals surface area contributed by atoms with Crippen LogP contribution < -0.4 is 15.3 Å². The van der Waals surface area contributed by atoms with Gasteiger partial charge in [-0.05, 0) is 55.2 Å². The second-order valence-corrected chi connectivity index (χ2v) is 16.8. The Balaban J connectivity index is 1.44. The number of nitrogens with zero attached hydrogens (tertiary/aromatic N) is 4. The van der Waals surface area contributed by atoms with E-state index in [9.17, 15) is 18.9 Å². The Morgan fingerprint density at radius 3 is 2.43 bits per heavy atom. The number of amidine groups is 1. The molecule has 1 aromatic rings. The maximum Gasteiger partial charge on any atom is 0.459 e. The third-order valence-electron chi connectivity index (χ3n) is 9.87. The zero-order chi connectivity index (χ0) is 39.3. The summed E-state index contributed by atoms with van der Waals surface area (Å²) in [5, 5.41) is 8.73. The normalized spacial score (nSPS) is 27.4. The van der Waals surface area contributed by atoms with Crippen molar-refractivity contribution >= 4 is 44.0 Å². The van der Waals surface area contributed by atoms with Gasteiger partial charge >= 0.3 is 25.7 Å². The van der Waals surface area contributed by atoms with Crippen molar-refractivity contribution in [2.75, 3.05) is 20.3 Å². The Morgan fingerprint density at radius 1 is 1.11 bits per heavy atom. The number of esters is 3. The van der Waals surface area contributed by atoms with Crippen LogP contribution in [0.1, 0.15) is 85.6 Å². The summed E-state index contributed by atoms with van der Waals surface area (Å²) in [7, 11) is -2.91. The molecule has 0 bridgehead atoms. The molecule has 54 heavy (non-hydrogen) atoms. The van der Waals surface area contributed by atoms with Crippen LogP contribution in [0.4, 0.5) is 0 Å². The van der Waals surface area contributed by atoms with Crippen molar-refractivity contribution in [1.82, 2.24) is 10.1 Å². The minimum absolute atomic E-state index is 0.153. The number of hydrogen-bond acceptors (Lipinski definition) is 15. The summed E-state index contributed by atoms with van der Waals surface area (Å²) in [5.74, 6) is -1.29. The van der Waals surface area contributed by atoms with E-state index in [1.165, 1.54) is 46.8 Å². The van der Waals surface area contributed by atoms with E-state index >= 15 is 0 Å². The van der Waals surface area contributed by atoms with Crippen LogP contribution >= 0.6 is 7.75 Å². The minimum Gasteiger partial charge on any atom is -0.464 e. The lowest BCUT2D eigenvalue weighted by Gasteiger charge is -2.40. The molecule has 3 heterocycles. The van der Waals surface area contributed by atoms with Gasteiger partial charge in [0.1, 0.15) is 24.2 Å². The van der Waals surface area contributed by atoms with Crippen molar-refractivity contribution in [3.05, 3.63) is 41.6 Å². The van der Waals surface area contributed by atoms with E-state index in [1.54, 1.807) is 17.1 Å². The lowest BCUT2D eigenvalue weighted by atomic mass is 9.86. The van der Waals surface area contributed by atoms with Gasteiger partial charge in [-0.15, -0.1) is 0 Å². The Hall–Kier alpha value is -4.11. The molecule has 7 atom stereocenters. The van der Waals surface area contributed by atoms with E-state index < -0.39 is 68.3 Å². The number of hydrazone groups is 1. The summed E-state index contributed by atoms with van der Waals surface area (Å²) in [6, 6.07) is 5.23. The number of nitrogens with one attached hydrogen (secondary N) is 1. The van der Waals surface area contributed by atoms with E-state index in [1.807, 2.05) is 18.2 Å². The topological polar surface area (TPSA) is 202 Å². The van der Waals surface area contributed by atoms with Gasteiger partial charge < -0.3 is 29.2 Å². The zero-order valence-corrected chi connectivity index (χ0v) is 33.0. The number of carbonyl (C=O) groups is 3. The molecule has 0 aromatic heterocycles. The number of fused-ring (bicyclic) bond motifs is 1. The Morgan fingerprint density at radius 2 is 1.80 bits per heavy atom. The first-order chi connectivity index (χ1) is 25.5. The molecule has 296 valence electrons. The highest BCUT2D eigenvalue weighted by molar-refractivity contribution is 7.52. The molecule has 1 saturated heterocycles. The molecule has 0 radical (unpaired) electrons. The van der Waals surface area contributed by atoms with Gasteiger partial charge in [0.25, 0.3) is 0 Å². The molecule has 5 rings (SSSR count). The summed E-state index contributed by atoms with van der Waals surface area (Å²) in [6.45, 7) is 9.88. The van der Waals surface area contributed by atoms with Crippen LogP contribution in [0, 0.1) is 5.92 Å². The highest BCUT2D eigenvalue weighted by atomic mass is 31.2. The first kappa shape index (κ1) is 41.1. The predicted octanol–water partition coefficient (Wildman–Crippen LogP) is 4.56. The van der Waals surface area contributed by atoms with Crippen molar-refractivity contribution in [2.45, 2.75) is 121 Å². The zero-order valence-electron chi connectivity index (χ0n) is 32.1. The van der Waals surface area contributed by atoms with Gasteiger partial charge in [0.05, 0.1) is 25.0 Å². The molecule has 16 nitrogen and oxygen atoms in total. The number of benzene rings is 1. The van der Waals surface area contributed by atoms with Gasteiger partial charge in [0.2, 0.25) is 0 Å². The molecule has 1 aliphatic carbocycles. The first-order valence-corrected chi connectivity index (χ1v) is 19.9. The van der Waals surface area contributed by atoms with E-state index in [-0.39, 0.29) is 29.5 Å². The number of ether oxygens (including phenoxy) is 4. The van der Waals surface area contributed by atoms with Gasteiger partial charge in [-0.25, -0.2) is 9.56 Å². The van der Waals surface area contributed by atoms with Crippen molar-refractivity contribution < 1.29 is 46.9 Å². The summed E-state index contributed by atoms with van der Waals surface area (Å²) in [5.41, 5.74) is 5.95. The molecule has 0 amide bonds. The smallest absolute Gasteiger partial charge is 0.459 e. The maximum absolute atomic E-state index is 14.7. The first-order valence-electron chi connectivity index (χ1n) is 18.4. The number of rotatable bonds is 14. The van der Waals surface area contributed by atoms with Crippen LogP contribution in [0.25, 0.3) is 0 Å². The van der Waals surface area contributed by atoms with Crippen molar-refractivity contribution in [1.29, 1.82) is 0 Å². The monoisotopic (exact) mass is 772 g/mol. The van der Waals surface area contributed by atoms with Crippen LogP contribution in [-0.4, -0.2) is 97.6 Å². The second kappa shape index (κ2) is 17.1. The predicted molar refractivity (Wildman–Crippen MR) is 201 cm³/mol. The molecule has 3 aliphatic heterocycles. The van der Waals surface area contributed by atoms with Crippen molar-refractivity contribution in [2.24, 2.45) is 26.7 Å². The Kier molecular flexibility index (Phi) is 13.0.